The zero-order valence-corrected chi connectivity index (χ0v) is 26.8. The molecule has 0 bridgehead atoms. The van der Waals surface area contributed by atoms with E-state index in [9.17, 15) is 31.9 Å². The minimum absolute atomic E-state index is 0.0452. The summed E-state index contributed by atoms with van der Waals surface area (Å²) in [6.07, 6.45) is -0.697. The Balaban J connectivity index is 1.14. The van der Waals surface area contributed by atoms with Crippen LogP contribution in [0.5, 0.6) is 0 Å². The van der Waals surface area contributed by atoms with Crippen molar-refractivity contribution in [1.82, 2.24) is 9.80 Å². The van der Waals surface area contributed by atoms with Gasteiger partial charge in [-0.15, -0.1) is 0 Å². The lowest BCUT2D eigenvalue weighted by atomic mass is 9.90. The third-order valence-electron chi connectivity index (χ3n) is 9.23. The Hall–Kier alpha value is -2.89. The molecule has 2 aliphatic heterocycles. The summed E-state index contributed by atoms with van der Waals surface area (Å²) in [5.41, 5.74) is -0.00000559. The van der Waals surface area contributed by atoms with Gasteiger partial charge in [-0.25, -0.2) is 9.18 Å². The highest BCUT2D eigenvalue weighted by molar-refractivity contribution is 6.42. The summed E-state index contributed by atoms with van der Waals surface area (Å²) in [6, 6.07) is 11.7. The molecule has 2 amide bonds. The number of halogens is 6. The van der Waals surface area contributed by atoms with Crippen LogP contribution >= 0.6 is 23.2 Å². The van der Waals surface area contributed by atoms with Crippen molar-refractivity contribution in [2.45, 2.75) is 63.1 Å². The number of alkyl halides is 3. The predicted molar refractivity (Wildman–Crippen MR) is 166 cm³/mol. The van der Waals surface area contributed by atoms with Gasteiger partial charge < -0.3 is 19.4 Å². The molecule has 0 atom stereocenters. The molecule has 2 heterocycles. The highest BCUT2D eigenvalue weighted by Crippen LogP contribution is 2.43. The van der Waals surface area contributed by atoms with Crippen LogP contribution in [-0.4, -0.2) is 78.6 Å². The van der Waals surface area contributed by atoms with Crippen molar-refractivity contribution >= 4 is 46.7 Å². The lowest BCUT2D eigenvalue weighted by molar-refractivity contribution is -0.208. The van der Waals surface area contributed by atoms with Crippen LogP contribution in [-0.2, 0) is 25.5 Å². The normalized spacial score (nSPS) is 19.1. The zero-order valence-electron chi connectivity index (χ0n) is 25.3. The third-order valence-corrected chi connectivity index (χ3v) is 9.97. The standard InChI is InChI=1S/C33H37Cl2F4N3O4/c34-27-7-6-26(21-28(27)35)42(15-1-14-40-16-8-23(9-17-40)20-22-2-4-25(36)5-3-22)29(43)24-10-18-41(19-11-24)30(44)32(12-13-32)46-31(45)33(37,38)39/h2-7,21,23-24H,1,8-20H2. The molecule has 0 spiro atoms. The van der Waals surface area contributed by atoms with Crippen LogP contribution in [0, 0.1) is 17.7 Å². The highest BCUT2D eigenvalue weighted by atomic mass is 35.5. The second-order valence-corrected chi connectivity index (χ2v) is 13.3. The van der Waals surface area contributed by atoms with E-state index in [1.54, 1.807) is 23.1 Å². The first-order valence-corrected chi connectivity index (χ1v) is 16.4. The fraction of sp³-hybridized carbons (Fsp3) is 0.545. The smallest absolute Gasteiger partial charge is 0.442 e. The van der Waals surface area contributed by atoms with Crippen molar-refractivity contribution in [1.29, 1.82) is 0 Å². The Morgan fingerprint density at radius 2 is 1.57 bits per heavy atom. The van der Waals surface area contributed by atoms with Crippen LogP contribution in [0.3, 0.4) is 0 Å². The molecule has 3 aliphatic rings. The van der Waals surface area contributed by atoms with Gasteiger partial charge in [-0.3, -0.25) is 9.59 Å². The number of anilines is 1. The van der Waals surface area contributed by atoms with Gasteiger partial charge in [0.25, 0.3) is 5.91 Å². The molecule has 0 radical (unpaired) electrons. The molecule has 2 saturated heterocycles. The summed E-state index contributed by atoms with van der Waals surface area (Å²) in [5.74, 6) is -3.22. The van der Waals surface area contributed by atoms with Gasteiger partial charge in [0.1, 0.15) is 5.82 Å². The van der Waals surface area contributed by atoms with Gasteiger partial charge in [-0.1, -0.05) is 35.3 Å². The first-order chi connectivity index (χ1) is 21.8. The first kappa shape index (κ1) is 34.4. The molecule has 13 heteroatoms. The van der Waals surface area contributed by atoms with Crippen molar-refractivity contribution < 1.29 is 36.7 Å². The molecule has 2 aromatic carbocycles. The van der Waals surface area contributed by atoms with Crippen molar-refractivity contribution in [2.75, 3.05) is 44.2 Å². The second kappa shape index (κ2) is 14.5. The molecule has 0 unspecified atom stereocenters. The van der Waals surface area contributed by atoms with Gasteiger partial charge in [-0.05, 0) is 100.0 Å². The van der Waals surface area contributed by atoms with Crippen LogP contribution in [0.4, 0.5) is 23.2 Å². The molecular formula is C33H37Cl2F4N3O4. The number of ether oxygens (including phenoxy) is 1. The summed E-state index contributed by atoms with van der Waals surface area (Å²) < 4.78 is 56.0. The SMILES string of the molecule is O=C(C1CCN(C(=O)C2(OC(=O)C(F)(F)F)CC2)CC1)N(CCCN1CCC(Cc2ccc(F)cc2)CC1)c1ccc(Cl)c(Cl)c1. The van der Waals surface area contributed by atoms with Gasteiger partial charge in [0, 0.05) is 44.1 Å². The lowest BCUT2D eigenvalue weighted by Crippen LogP contribution is -2.50. The quantitative estimate of drug-likeness (QED) is 0.206. The van der Waals surface area contributed by atoms with Crippen molar-refractivity contribution in [3.8, 4) is 0 Å². The largest absolute Gasteiger partial charge is 0.490 e. The monoisotopic (exact) mass is 685 g/mol. The summed E-state index contributed by atoms with van der Waals surface area (Å²) in [4.78, 5) is 43.7. The average molecular weight is 687 g/mol. The molecular weight excluding hydrogens is 649 g/mol. The third kappa shape index (κ3) is 8.52. The van der Waals surface area contributed by atoms with Crippen molar-refractivity contribution in [3.63, 3.8) is 0 Å². The number of piperidine rings is 2. The number of amides is 2. The van der Waals surface area contributed by atoms with Crippen LogP contribution in [0.25, 0.3) is 0 Å². The topological polar surface area (TPSA) is 70.2 Å². The average Bonchev–Trinajstić information content (AvgIpc) is 3.82. The summed E-state index contributed by atoms with van der Waals surface area (Å²) in [6.45, 7) is 3.48. The fourth-order valence-corrected chi connectivity index (χ4v) is 6.68. The van der Waals surface area contributed by atoms with E-state index in [0.29, 0.717) is 41.0 Å². The van der Waals surface area contributed by atoms with E-state index in [4.69, 9.17) is 23.2 Å². The Kier molecular flexibility index (Phi) is 10.8. The molecule has 0 N–H and O–H groups in total. The molecule has 1 saturated carbocycles. The number of carbonyl (C=O) groups is 3. The Morgan fingerprint density at radius 1 is 0.913 bits per heavy atom. The molecule has 5 rings (SSSR count). The number of likely N-dealkylation sites (tertiary alicyclic amines) is 2. The summed E-state index contributed by atoms with van der Waals surface area (Å²) in [7, 11) is 0. The Morgan fingerprint density at radius 3 is 2.15 bits per heavy atom. The molecule has 1 aliphatic carbocycles. The maximum Gasteiger partial charge on any atom is 0.490 e. The second-order valence-electron chi connectivity index (χ2n) is 12.5. The van der Waals surface area contributed by atoms with Gasteiger partial charge in [0.05, 0.1) is 10.0 Å². The molecule has 3 fully saturated rings. The number of benzene rings is 2. The number of hydrogen-bond acceptors (Lipinski definition) is 5. The molecule has 250 valence electrons. The zero-order chi connectivity index (χ0) is 33.1. The first-order valence-electron chi connectivity index (χ1n) is 15.7. The van der Waals surface area contributed by atoms with Gasteiger partial charge in [0.15, 0.2) is 5.60 Å². The van der Waals surface area contributed by atoms with Crippen LogP contribution in [0.2, 0.25) is 10.0 Å². The van der Waals surface area contributed by atoms with Gasteiger partial charge in [-0.2, -0.15) is 13.2 Å². The van der Waals surface area contributed by atoms with E-state index in [0.717, 1.165) is 50.9 Å². The van der Waals surface area contributed by atoms with Crippen LogP contribution in [0.15, 0.2) is 42.5 Å². The van der Waals surface area contributed by atoms with Gasteiger partial charge >= 0.3 is 12.1 Å². The number of nitrogens with zero attached hydrogens (tertiary/aromatic N) is 3. The maximum atomic E-state index is 13.9. The molecule has 46 heavy (non-hydrogen) atoms. The Bertz CT molecular complexity index is 1400. The fourth-order valence-electron chi connectivity index (χ4n) is 6.39. The van der Waals surface area contributed by atoms with E-state index in [1.165, 1.54) is 17.0 Å². The summed E-state index contributed by atoms with van der Waals surface area (Å²) in [5, 5.41) is 0.692. The minimum atomic E-state index is -5.18. The highest BCUT2D eigenvalue weighted by Gasteiger charge is 2.59. The van der Waals surface area contributed by atoms with Gasteiger partial charge in [0.2, 0.25) is 5.91 Å². The number of hydrogen-bond donors (Lipinski definition) is 0. The lowest BCUT2D eigenvalue weighted by Gasteiger charge is -2.36. The van der Waals surface area contributed by atoms with E-state index in [1.807, 2.05) is 12.1 Å². The van der Waals surface area contributed by atoms with E-state index in [2.05, 4.69) is 9.64 Å². The van der Waals surface area contributed by atoms with E-state index in [-0.39, 0.29) is 37.7 Å². The maximum absolute atomic E-state index is 13.9. The molecule has 0 aromatic heterocycles. The predicted octanol–water partition coefficient (Wildman–Crippen LogP) is 6.69. The number of carbonyl (C=O) groups excluding carboxylic acids is 3. The summed E-state index contributed by atoms with van der Waals surface area (Å²) >= 11 is 12.4. The van der Waals surface area contributed by atoms with Crippen LogP contribution < -0.4 is 4.90 Å². The number of esters is 1. The van der Waals surface area contributed by atoms with Crippen LogP contribution in [0.1, 0.15) is 50.5 Å². The molecule has 2 aromatic rings. The van der Waals surface area contributed by atoms with Crippen molar-refractivity contribution in [3.05, 3.63) is 63.9 Å². The van der Waals surface area contributed by atoms with Crippen molar-refractivity contribution in [2.24, 2.45) is 11.8 Å². The molecule has 7 nitrogen and oxygen atoms in total. The Labute approximate surface area is 275 Å². The van der Waals surface area contributed by atoms with E-state index >= 15 is 0 Å². The van der Waals surface area contributed by atoms with E-state index < -0.39 is 29.6 Å². The number of rotatable bonds is 10. The minimum Gasteiger partial charge on any atom is -0.442 e.